The number of thiazole rings is 1. The molecule has 0 spiro atoms. The van der Waals surface area contributed by atoms with Crippen LogP contribution in [0.25, 0.3) is 10.8 Å². The predicted molar refractivity (Wildman–Crippen MR) is 81.3 cm³/mol. The molecule has 102 valence electrons. The Morgan fingerprint density at radius 2 is 2.15 bits per heavy atom. The highest BCUT2D eigenvalue weighted by molar-refractivity contribution is 7.09. The van der Waals surface area contributed by atoms with Gasteiger partial charge < -0.3 is 9.84 Å². The zero-order valence-electron chi connectivity index (χ0n) is 11.2. The van der Waals surface area contributed by atoms with Crippen LogP contribution in [-0.2, 0) is 13.0 Å². The molecule has 1 N–H and O–H groups in total. The van der Waals surface area contributed by atoms with Crippen molar-refractivity contribution in [2.75, 3.05) is 7.11 Å². The van der Waals surface area contributed by atoms with E-state index in [-0.39, 0.29) is 6.61 Å². The molecular formula is C16H15NO2S. The molecule has 3 nitrogen and oxygen atoms in total. The van der Waals surface area contributed by atoms with Gasteiger partial charge in [0.1, 0.15) is 5.75 Å². The van der Waals surface area contributed by atoms with Crippen LogP contribution in [0.5, 0.6) is 5.75 Å². The molecule has 0 unspecified atom stereocenters. The quantitative estimate of drug-likeness (QED) is 0.799. The lowest BCUT2D eigenvalue weighted by Gasteiger charge is -2.07. The number of methoxy groups -OCH3 is 1. The number of aliphatic hydroxyl groups is 1. The lowest BCUT2D eigenvalue weighted by atomic mass is 10.0. The maximum atomic E-state index is 9.08. The van der Waals surface area contributed by atoms with E-state index in [0.29, 0.717) is 0 Å². The van der Waals surface area contributed by atoms with E-state index in [2.05, 4.69) is 35.3 Å². The Hall–Kier alpha value is -1.91. The van der Waals surface area contributed by atoms with Crippen LogP contribution in [0.4, 0.5) is 0 Å². The standard InChI is InChI=1S/C16H15NO2S/c1-19-14-6-5-11-3-2-4-12(15(11)8-14)7-16-17-13(9-18)10-20-16/h2-6,8,10,18H,7,9H2,1H3. The molecule has 3 aromatic rings. The minimum Gasteiger partial charge on any atom is -0.497 e. The number of aromatic nitrogens is 1. The average molecular weight is 285 g/mol. The lowest BCUT2D eigenvalue weighted by molar-refractivity contribution is 0.277. The minimum absolute atomic E-state index is 0.000139. The number of ether oxygens (including phenoxy) is 1. The van der Waals surface area contributed by atoms with Gasteiger partial charge in [0.05, 0.1) is 24.4 Å². The van der Waals surface area contributed by atoms with Crippen molar-refractivity contribution in [3.8, 4) is 5.75 Å². The zero-order chi connectivity index (χ0) is 13.9. The SMILES string of the molecule is COc1ccc2cccc(Cc3nc(CO)cs3)c2c1. The van der Waals surface area contributed by atoms with E-state index in [0.717, 1.165) is 22.9 Å². The van der Waals surface area contributed by atoms with E-state index >= 15 is 0 Å². The number of benzene rings is 2. The summed E-state index contributed by atoms with van der Waals surface area (Å²) >= 11 is 1.59. The van der Waals surface area contributed by atoms with Crippen molar-refractivity contribution < 1.29 is 9.84 Å². The molecule has 0 amide bonds. The molecule has 0 bridgehead atoms. The summed E-state index contributed by atoms with van der Waals surface area (Å²) in [5.41, 5.74) is 1.96. The van der Waals surface area contributed by atoms with Crippen LogP contribution in [-0.4, -0.2) is 17.2 Å². The molecule has 0 saturated carbocycles. The number of aliphatic hydroxyl groups excluding tert-OH is 1. The van der Waals surface area contributed by atoms with Gasteiger partial charge in [0.25, 0.3) is 0 Å². The third-order valence-electron chi connectivity index (χ3n) is 3.28. The largest absolute Gasteiger partial charge is 0.497 e. The average Bonchev–Trinajstić information content (AvgIpc) is 2.95. The van der Waals surface area contributed by atoms with Crippen LogP contribution in [0.3, 0.4) is 0 Å². The molecule has 1 heterocycles. The van der Waals surface area contributed by atoms with E-state index < -0.39 is 0 Å². The maximum Gasteiger partial charge on any atom is 0.119 e. The Labute approximate surface area is 121 Å². The van der Waals surface area contributed by atoms with Gasteiger partial charge in [-0.1, -0.05) is 24.3 Å². The second-order valence-electron chi connectivity index (χ2n) is 4.57. The van der Waals surface area contributed by atoms with Gasteiger partial charge in [-0.05, 0) is 28.5 Å². The predicted octanol–water partition coefficient (Wildman–Crippen LogP) is 3.39. The van der Waals surface area contributed by atoms with Crippen LogP contribution < -0.4 is 4.74 Å². The van der Waals surface area contributed by atoms with Gasteiger partial charge in [-0.2, -0.15) is 0 Å². The molecule has 2 aromatic carbocycles. The number of hydrogen-bond donors (Lipinski definition) is 1. The highest BCUT2D eigenvalue weighted by atomic mass is 32.1. The number of hydrogen-bond acceptors (Lipinski definition) is 4. The van der Waals surface area contributed by atoms with Crippen LogP contribution in [0.2, 0.25) is 0 Å². The second kappa shape index (κ2) is 5.61. The van der Waals surface area contributed by atoms with Crippen molar-refractivity contribution in [2.45, 2.75) is 13.0 Å². The Morgan fingerprint density at radius 1 is 1.25 bits per heavy atom. The first-order valence-electron chi connectivity index (χ1n) is 6.40. The Balaban J connectivity index is 2.01. The van der Waals surface area contributed by atoms with Crippen molar-refractivity contribution in [3.05, 3.63) is 58.0 Å². The van der Waals surface area contributed by atoms with Crippen LogP contribution in [0.15, 0.2) is 41.8 Å². The summed E-state index contributed by atoms with van der Waals surface area (Å²) in [5.74, 6) is 0.861. The maximum absolute atomic E-state index is 9.08. The molecule has 0 radical (unpaired) electrons. The molecule has 1 aromatic heterocycles. The van der Waals surface area contributed by atoms with Crippen molar-refractivity contribution in [1.82, 2.24) is 4.98 Å². The number of nitrogens with zero attached hydrogens (tertiary/aromatic N) is 1. The monoisotopic (exact) mass is 285 g/mol. The summed E-state index contributed by atoms with van der Waals surface area (Å²) < 4.78 is 5.30. The molecule has 20 heavy (non-hydrogen) atoms. The van der Waals surface area contributed by atoms with Gasteiger partial charge in [-0.15, -0.1) is 11.3 Å². The zero-order valence-corrected chi connectivity index (χ0v) is 12.0. The molecule has 0 atom stereocenters. The molecule has 0 fully saturated rings. The van der Waals surface area contributed by atoms with Gasteiger partial charge in [0, 0.05) is 11.8 Å². The fourth-order valence-electron chi connectivity index (χ4n) is 2.26. The smallest absolute Gasteiger partial charge is 0.119 e. The van der Waals surface area contributed by atoms with Gasteiger partial charge in [0.2, 0.25) is 0 Å². The summed E-state index contributed by atoms with van der Waals surface area (Å²) in [6.07, 6.45) is 0.773. The Kier molecular flexibility index (Phi) is 3.67. The van der Waals surface area contributed by atoms with Crippen LogP contribution >= 0.6 is 11.3 Å². The number of fused-ring (bicyclic) bond motifs is 1. The highest BCUT2D eigenvalue weighted by Crippen LogP contribution is 2.26. The number of rotatable bonds is 4. The molecule has 0 saturated heterocycles. The Morgan fingerprint density at radius 3 is 2.90 bits per heavy atom. The molecule has 0 aliphatic heterocycles. The fraction of sp³-hybridized carbons (Fsp3) is 0.188. The second-order valence-corrected chi connectivity index (χ2v) is 5.51. The van der Waals surface area contributed by atoms with E-state index in [1.165, 1.54) is 16.3 Å². The van der Waals surface area contributed by atoms with E-state index in [1.54, 1.807) is 18.4 Å². The molecule has 3 rings (SSSR count). The van der Waals surface area contributed by atoms with Crippen molar-refractivity contribution in [2.24, 2.45) is 0 Å². The van der Waals surface area contributed by atoms with E-state index in [1.807, 2.05) is 11.4 Å². The van der Waals surface area contributed by atoms with Gasteiger partial charge in [0.15, 0.2) is 0 Å². The first-order valence-corrected chi connectivity index (χ1v) is 7.28. The van der Waals surface area contributed by atoms with Crippen molar-refractivity contribution in [1.29, 1.82) is 0 Å². The van der Waals surface area contributed by atoms with E-state index in [9.17, 15) is 0 Å². The van der Waals surface area contributed by atoms with Crippen LogP contribution in [0.1, 0.15) is 16.3 Å². The molecule has 4 heteroatoms. The topological polar surface area (TPSA) is 42.4 Å². The molecule has 0 aliphatic carbocycles. The highest BCUT2D eigenvalue weighted by Gasteiger charge is 2.07. The summed E-state index contributed by atoms with van der Waals surface area (Å²) in [4.78, 5) is 4.41. The summed E-state index contributed by atoms with van der Waals surface area (Å²) in [6, 6.07) is 12.4. The summed E-state index contributed by atoms with van der Waals surface area (Å²) in [5, 5.41) is 14.4. The molecule has 0 aliphatic rings. The van der Waals surface area contributed by atoms with Crippen molar-refractivity contribution >= 4 is 22.1 Å². The normalized spacial score (nSPS) is 10.9. The fourth-order valence-corrected chi connectivity index (χ4v) is 3.07. The van der Waals surface area contributed by atoms with Gasteiger partial charge in [-0.25, -0.2) is 4.98 Å². The lowest BCUT2D eigenvalue weighted by Crippen LogP contribution is -1.91. The summed E-state index contributed by atoms with van der Waals surface area (Å²) in [7, 11) is 1.68. The van der Waals surface area contributed by atoms with Gasteiger partial charge in [-0.3, -0.25) is 0 Å². The molecular weight excluding hydrogens is 270 g/mol. The Bertz CT molecular complexity index is 736. The van der Waals surface area contributed by atoms with E-state index in [4.69, 9.17) is 9.84 Å². The van der Waals surface area contributed by atoms with Gasteiger partial charge >= 0.3 is 0 Å². The minimum atomic E-state index is -0.000139. The summed E-state index contributed by atoms with van der Waals surface area (Å²) in [6.45, 7) is -0.000139. The van der Waals surface area contributed by atoms with Crippen LogP contribution in [0, 0.1) is 0 Å². The third-order valence-corrected chi connectivity index (χ3v) is 4.18. The first kappa shape index (κ1) is 13.1. The van der Waals surface area contributed by atoms with Crippen molar-refractivity contribution in [3.63, 3.8) is 0 Å². The third kappa shape index (κ3) is 2.53. The first-order chi connectivity index (χ1) is 9.80.